The third-order valence-corrected chi connectivity index (χ3v) is 18.7. The second-order valence-corrected chi connectivity index (χ2v) is 30.3. The number of hydrogen-bond donors (Lipinski definition) is 3. The summed E-state index contributed by atoms with van der Waals surface area (Å²) in [5.41, 5.74) is 0. The molecule has 3 N–H and O–H groups in total. The first-order valence-electron chi connectivity index (χ1n) is 42.0. The summed E-state index contributed by atoms with van der Waals surface area (Å²) in [6.07, 6.45) is 99.0. The number of esters is 4. The van der Waals surface area contributed by atoms with E-state index in [2.05, 4.69) is 161 Å². The van der Waals surface area contributed by atoms with Crippen molar-refractivity contribution < 1.29 is 80.2 Å². The van der Waals surface area contributed by atoms with Crippen LogP contribution in [0.25, 0.3) is 0 Å². The van der Waals surface area contributed by atoms with Crippen molar-refractivity contribution in [2.75, 3.05) is 39.6 Å². The Balaban J connectivity index is 5.57. The maximum absolute atomic E-state index is 13.1. The molecule has 0 aliphatic heterocycles. The van der Waals surface area contributed by atoms with Crippen molar-refractivity contribution in [1.29, 1.82) is 0 Å². The largest absolute Gasteiger partial charge is 0.472 e. The first-order chi connectivity index (χ1) is 53.7. The van der Waals surface area contributed by atoms with Gasteiger partial charge >= 0.3 is 39.5 Å². The Hall–Kier alpha value is -5.84. The summed E-state index contributed by atoms with van der Waals surface area (Å²) in [5.74, 6) is -2.45. The van der Waals surface area contributed by atoms with E-state index in [-0.39, 0.29) is 25.7 Å². The molecular formula is C91H148O17P2. The lowest BCUT2D eigenvalue weighted by Gasteiger charge is -2.21. The maximum Gasteiger partial charge on any atom is 0.472 e. The second kappa shape index (κ2) is 81.2. The van der Waals surface area contributed by atoms with Gasteiger partial charge in [0.2, 0.25) is 0 Å². The van der Waals surface area contributed by atoms with Crippen LogP contribution in [0.2, 0.25) is 0 Å². The average Bonchev–Trinajstić information content (AvgIpc) is 0.906. The Labute approximate surface area is 666 Å². The zero-order valence-electron chi connectivity index (χ0n) is 68.4. The van der Waals surface area contributed by atoms with E-state index in [0.717, 1.165) is 128 Å². The standard InChI is InChI=1S/C91H148O17P2/c1-5-9-13-17-21-25-29-33-37-40-42-45-48-51-55-59-63-67-71-75-88(93)101-81-86(107-90(95)77-73-69-65-61-57-53-47-36-32-28-24-20-16-12-8-4)83-105-109(97,98)103-79-85(92)80-104-110(99,100)106-84-87(108-91(96)78-74-70-66-62-58-54-50-44-39-35-31-27-23-19-15-11-7-3)82-102-89(94)76-72-68-64-60-56-52-49-46-43-41-38-34-30-26-22-18-14-10-6-2/h21-23,25-28,32-35,37-39,42-43,45-46,50-52,54-56,62-64,66-68,85-87,92H,5-20,24,29-31,36,40-41,44,47-49,53,57-61,65,69-84H2,1-4H3,(H,97,98)(H,99,100)/b25-21-,26-22-,27-23-,32-28-,37-33-,38-34-,39-35-,45-42-,46-43-,54-50-,55-51-,56-52-,66-62-,67-63-,68-64-/t85-,86+,87+/m0/s1. The van der Waals surface area contributed by atoms with Gasteiger partial charge in [0.25, 0.3) is 0 Å². The number of phosphoric acid groups is 2. The zero-order valence-corrected chi connectivity index (χ0v) is 70.1. The summed E-state index contributed by atoms with van der Waals surface area (Å²) >= 11 is 0. The van der Waals surface area contributed by atoms with E-state index < -0.39 is 97.5 Å². The lowest BCUT2D eigenvalue weighted by atomic mass is 10.1. The number of carbonyl (C=O) groups is 4. The van der Waals surface area contributed by atoms with E-state index in [4.69, 9.17) is 37.0 Å². The monoisotopic (exact) mass is 1580 g/mol. The van der Waals surface area contributed by atoms with Gasteiger partial charge in [0, 0.05) is 25.7 Å². The Kier molecular flexibility index (Phi) is 76.9. The summed E-state index contributed by atoms with van der Waals surface area (Å²) in [5, 5.41) is 10.7. The minimum absolute atomic E-state index is 0.00471. The lowest BCUT2D eigenvalue weighted by Crippen LogP contribution is -2.30. The molecule has 0 heterocycles. The average molecular weight is 1580 g/mol. The van der Waals surface area contributed by atoms with Gasteiger partial charge in [0.15, 0.2) is 12.2 Å². The highest BCUT2D eigenvalue weighted by molar-refractivity contribution is 7.47. The molecule has 0 rings (SSSR count). The molecule has 19 heteroatoms. The number of aliphatic hydroxyl groups excluding tert-OH is 1. The summed E-state index contributed by atoms with van der Waals surface area (Å²) in [7, 11) is -10.0. The topological polar surface area (TPSA) is 237 Å². The number of aliphatic hydroxyl groups is 1. The molecule has 0 spiro atoms. The molecule has 0 aliphatic rings. The normalized spacial score (nSPS) is 14.7. The van der Waals surface area contributed by atoms with E-state index in [1.54, 1.807) is 0 Å². The highest BCUT2D eigenvalue weighted by atomic mass is 31.2. The van der Waals surface area contributed by atoms with Crippen molar-refractivity contribution in [3.63, 3.8) is 0 Å². The van der Waals surface area contributed by atoms with Crippen LogP contribution in [0, 0.1) is 0 Å². The summed E-state index contributed by atoms with van der Waals surface area (Å²) in [6.45, 7) is 4.54. The number of carbonyl (C=O) groups excluding carboxylic acids is 4. The van der Waals surface area contributed by atoms with Crippen LogP contribution in [0.5, 0.6) is 0 Å². The van der Waals surface area contributed by atoms with Crippen molar-refractivity contribution in [2.24, 2.45) is 0 Å². The molecule has 0 saturated carbocycles. The van der Waals surface area contributed by atoms with E-state index in [1.807, 2.05) is 48.6 Å². The SMILES string of the molecule is CCCCC/C=C\C/C=C\C/C=C\C/C=C\C/C=C\CCC(=O)OC[C@H](COP(=O)(O)OC[C@@H](O)COP(=O)(O)OC[C@@H](COC(=O)CC/C=C\C/C=C\C/C=C\C/C=C\C/C=C\CCCCC)OC(=O)CCCCCCCCC/C=C\CCCCCC)OC(=O)CCC/C=C\C/C=C\C/C=C\C/C=C\CCCCC. The molecule has 624 valence electrons. The zero-order chi connectivity index (χ0) is 80.3. The van der Waals surface area contributed by atoms with Crippen molar-refractivity contribution >= 4 is 39.5 Å². The molecule has 0 aliphatic carbocycles. The van der Waals surface area contributed by atoms with Gasteiger partial charge < -0.3 is 33.8 Å². The van der Waals surface area contributed by atoms with Gasteiger partial charge in [-0.25, -0.2) is 9.13 Å². The highest BCUT2D eigenvalue weighted by Crippen LogP contribution is 2.45. The fraction of sp³-hybridized carbons (Fsp3) is 0.626. The van der Waals surface area contributed by atoms with Crippen LogP contribution in [-0.2, 0) is 65.4 Å². The number of hydrogen-bond acceptors (Lipinski definition) is 15. The minimum Gasteiger partial charge on any atom is -0.462 e. The molecule has 0 aromatic carbocycles. The quantitative estimate of drug-likeness (QED) is 0.0169. The molecule has 0 amide bonds. The Bertz CT molecular complexity index is 2800. The predicted molar refractivity (Wildman–Crippen MR) is 454 cm³/mol. The molecule has 0 radical (unpaired) electrons. The van der Waals surface area contributed by atoms with Gasteiger partial charge in [0.1, 0.15) is 19.3 Å². The smallest absolute Gasteiger partial charge is 0.462 e. The lowest BCUT2D eigenvalue weighted by molar-refractivity contribution is -0.161. The van der Waals surface area contributed by atoms with Gasteiger partial charge in [-0.05, 0) is 167 Å². The Morgan fingerprint density at radius 1 is 0.255 bits per heavy atom. The van der Waals surface area contributed by atoms with Crippen LogP contribution >= 0.6 is 15.6 Å². The van der Waals surface area contributed by atoms with Crippen molar-refractivity contribution in [2.45, 2.75) is 329 Å². The van der Waals surface area contributed by atoms with Crippen molar-refractivity contribution in [3.05, 3.63) is 182 Å². The van der Waals surface area contributed by atoms with Gasteiger partial charge in [-0.2, -0.15) is 0 Å². The fourth-order valence-corrected chi connectivity index (χ4v) is 12.0. The molecular weight excluding hydrogens is 1430 g/mol. The second-order valence-electron chi connectivity index (χ2n) is 27.3. The Morgan fingerprint density at radius 2 is 0.473 bits per heavy atom. The van der Waals surface area contributed by atoms with E-state index >= 15 is 0 Å². The van der Waals surface area contributed by atoms with Gasteiger partial charge in [0.05, 0.1) is 26.4 Å². The van der Waals surface area contributed by atoms with Crippen molar-refractivity contribution in [3.8, 4) is 0 Å². The number of ether oxygens (including phenoxy) is 4. The molecule has 2 unspecified atom stereocenters. The Morgan fingerprint density at radius 3 is 0.782 bits per heavy atom. The van der Waals surface area contributed by atoms with Crippen molar-refractivity contribution in [1.82, 2.24) is 0 Å². The van der Waals surface area contributed by atoms with Crippen LogP contribution in [0.4, 0.5) is 0 Å². The molecule has 0 saturated heterocycles. The predicted octanol–water partition coefficient (Wildman–Crippen LogP) is 25.1. The summed E-state index contributed by atoms with van der Waals surface area (Å²) < 4.78 is 68.5. The number of phosphoric ester groups is 2. The number of unbranched alkanes of at least 4 members (excludes halogenated alkanes) is 21. The van der Waals surface area contributed by atoms with Gasteiger partial charge in [-0.3, -0.25) is 37.3 Å². The van der Waals surface area contributed by atoms with E-state index in [1.165, 1.54) is 83.5 Å². The third-order valence-electron chi connectivity index (χ3n) is 16.8. The first kappa shape index (κ1) is 104. The molecule has 0 fully saturated rings. The van der Waals surface area contributed by atoms with Gasteiger partial charge in [-0.15, -0.1) is 0 Å². The van der Waals surface area contributed by atoms with Crippen LogP contribution in [-0.4, -0.2) is 96.7 Å². The van der Waals surface area contributed by atoms with Gasteiger partial charge in [-0.1, -0.05) is 300 Å². The van der Waals surface area contributed by atoms with Crippen LogP contribution in [0.15, 0.2) is 182 Å². The molecule has 0 aromatic heterocycles. The van der Waals surface area contributed by atoms with E-state index in [0.29, 0.717) is 44.9 Å². The van der Waals surface area contributed by atoms with E-state index in [9.17, 15) is 43.2 Å². The fourth-order valence-electron chi connectivity index (χ4n) is 10.4. The molecule has 0 aromatic rings. The minimum atomic E-state index is -5.02. The van der Waals surface area contributed by atoms with Crippen LogP contribution < -0.4 is 0 Å². The summed E-state index contributed by atoms with van der Waals surface area (Å²) in [4.78, 5) is 73.1. The van der Waals surface area contributed by atoms with Crippen LogP contribution in [0.3, 0.4) is 0 Å². The number of rotatable bonds is 77. The summed E-state index contributed by atoms with van der Waals surface area (Å²) in [6, 6.07) is 0. The molecule has 17 nitrogen and oxygen atoms in total. The first-order valence-corrected chi connectivity index (χ1v) is 45.0. The van der Waals surface area contributed by atoms with Crippen LogP contribution in [0.1, 0.15) is 310 Å². The highest BCUT2D eigenvalue weighted by Gasteiger charge is 2.30. The molecule has 5 atom stereocenters. The number of allylic oxidation sites excluding steroid dienone is 30. The maximum atomic E-state index is 13.1. The third kappa shape index (κ3) is 80.2. The molecule has 110 heavy (non-hydrogen) atoms. The molecule has 0 bridgehead atoms.